The summed E-state index contributed by atoms with van der Waals surface area (Å²) in [6.45, 7) is 6.84. The molecular weight excluding hydrogens is 350 g/mol. The number of benzene rings is 2. The Bertz CT molecular complexity index is 780. The Kier molecular flexibility index (Phi) is 7.76. The average molecular weight is 383 g/mol. The fraction of sp³-hybridized carbons (Fsp3) is 0.391. The lowest BCUT2D eigenvalue weighted by Gasteiger charge is -2.20. The first-order valence-corrected chi connectivity index (χ1v) is 9.85. The molecule has 0 spiro atoms. The Morgan fingerprint density at radius 1 is 1.00 bits per heavy atom. The normalized spacial score (nSPS) is 11.9. The highest BCUT2D eigenvalue weighted by Gasteiger charge is 2.20. The summed E-state index contributed by atoms with van der Waals surface area (Å²) in [7, 11) is 3.43. The van der Waals surface area contributed by atoms with Gasteiger partial charge < -0.3 is 15.5 Å². The van der Waals surface area contributed by atoms with Gasteiger partial charge in [0.15, 0.2) is 6.54 Å². The molecule has 0 fully saturated rings. The molecule has 0 aliphatic rings. The van der Waals surface area contributed by atoms with Crippen LogP contribution in [0.1, 0.15) is 48.3 Å². The summed E-state index contributed by atoms with van der Waals surface area (Å²) < 4.78 is 0. The summed E-state index contributed by atoms with van der Waals surface area (Å²) in [6.07, 6.45) is 1.03. The minimum absolute atomic E-state index is 0.0532. The van der Waals surface area contributed by atoms with Crippen LogP contribution < -0.4 is 10.6 Å². The summed E-state index contributed by atoms with van der Waals surface area (Å²) in [5.74, 6) is 0.305. The van der Waals surface area contributed by atoms with Crippen molar-refractivity contribution in [2.24, 2.45) is 5.92 Å². The Morgan fingerprint density at radius 3 is 2.11 bits per heavy atom. The van der Waals surface area contributed by atoms with Crippen LogP contribution in [0.3, 0.4) is 0 Å². The number of nitrogens with two attached hydrogens (primary N) is 1. The smallest absolute Gasteiger partial charge is 0.279 e. The third-order valence-electron chi connectivity index (χ3n) is 4.87. The van der Waals surface area contributed by atoms with Crippen LogP contribution in [-0.4, -0.2) is 37.4 Å². The lowest BCUT2D eigenvalue weighted by atomic mass is 9.95. The molecule has 0 heterocycles. The van der Waals surface area contributed by atoms with E-state index in [-0.39, 0.29) is 17.9 Å². The van der Waals surface area contributed by atoms with Gasteiger partial charge >= 0.3 is 0 Å². The molecule has 0 unspecified atom stereocenters. The zero-order chi connectivity index (χ0) is 20.7. The Hall–Kier alpha value is -2.66. The molecule has 28 heavy (non-hydrogen) atoms. The van der Waals surface area contributed by atoms with E-state index in [0.717, 1.165) is 6.42 Å². The number of nitrogens with one attached hydrogen (secondary N) is 1. The van der Waals surface area contributed by atoms with Crippen molar-refractivity contribution in [1.82, 2.24) is 4.90 Å². The molecule has 0 aromatic heterocycles. The van der Waals surface area contributed by atoms with Crippen molar-refractivity contribution in [2.75, 3.05) is 26.0 Å². The predicted molar refractivity (Wildman–Crippen MR) is 113 cm³/mol. The minimum atomic E-state index is -0.0555. The second kappa shape index (κ2) is 10.0. The van der Waals surface area contributed by atoms with E-state index in [0.29, 0.717) is 23.7 Å². The first kappa shape index (κ1) is 21.6. The van der Waals surface area contributed by atoms with Crippen LogP contribution >= 0.6 is 0 Å². The van der Waals surface area contributed by atoms with Crippen molar-refractivity contribution in [3.8, 4) is 0 Å². The highest BCUT2D eigenvalue weighted by atomic mass is 16.2. The number of quaternary nitrogens is 1. The summed E-state index contributed by atoms with van der Waals surface area (Å²) in [5.41, 5.74) is 3.86. The van der Waals surface area contributed by atoms with Gasteiger partial charge in [0.25, 0.3) is 11.8 Å². The van der Waals surface area contributed by atoms with Gasteiger partial charge in [0, 0.05) is 36.8 Å². The van der Waals surface area contributed by atoms with Crippen molar-refractivity contribution >= 4 is 17.5 Å². The fourth-order valence-corrected chi connectivity index (χ4v) is 3.17. The molecule has 0 bridgehead atoms. The molecule has 2 rings (SSSR count). The van der Waals surface area contributed by atoms with Crippen LogP contribution in [0.5, 0.6) is 0 Å². The molecule has 0 aliphatic heterocycles. The monoisotopic (exact) mass is 382 g/mol. The van der Waals surface area contributed by atoms with Crippen molar-refractivity contribution in [3.63, 3.8) is 0 Å². The second-order valence-corrected chi connectivity index (χ2v) is 7.63. The van der Waals surface area contributed by atoms with Crippen molar-refractivity contribution < 1.29 is 14.9 Å². The molecule has 0 saturated heterocycles. The molecule has 2 aromatic rings. The number of hydrogen-bond donors (Lipinski definition) is 2. The van der Waals surface area contributed by atoms with Crippen LogP contribution in [0.25, 0.3) is 0 Å². The number of anilines is 1. The van der Waals surface area contributed by atoms with E-state index in [2.05, 4.69) is 55.7 Å². The third kappa shape index (κ3) is 5.92. The number of nitrogens with zero attached hydrogens (tertiary/aromatic N) is 1. The molecular formula is C23H32N3O2+. The molecule has 0 saturated carbocycles. The van der Waals surface area contributed by atoms with E-state index < -0.39 is 0 Å². The summed E-state index contributed by atoms with van der Waals surface area (Å²) >= 11 is 0. The van der Waals surface area contributed by atoms with Gasteiger partial charge in [-0.2, -0.15) is 0 Å². The van der Waals surface area contributed by atoms with Crippen LogP contribution in [0.15, 0.2) is 48.5 Å². The van der Waals surface area contributed by atoms with Gasteiger partial charge in [0.2, 0.25) is 0 Å². The minimum Gasteiger partial charge on any atom is -0.345 e. The van der Waals surface area contributed by atoms with Crippen molar-refractivity contribution in [1.29, 1.82) is 0 Å². The fourth-order valence-electron chi connectivity index (χ4n) is 3.17. The lowest BCUT2D eigenvalue weighted by molar-refractivity contribution is -0.692. The zero-order valence-corrected chi connectivity index (χ0v) is 17.5. The van der Waals surface area contributed by atoms with E-state index >= 15 is 0 Å². The van der Waals surface area contributed by atoms with Gasteiger partial charge in [-0.3, -0.25) is 9.59 Å². The van der Waals surface area contributed by atoms with E-state index in [1.807, 2.05) is 0 Å². The Balaban J connectivity index is 1.94. The number of carbonyl (C=O) groups is 2. The van der Waals surface area contributed by atoms with Crippen LogP contribution in [0.4, 0.5) is 5.69 Å². The highest BCUT2D eigenvalue weighted by molar-refractivity contribution is 5.95. The maximum Gasteiger partial charge on any atom is 0.279 e. The van der Waals surface area contributed by atoms with E-state index in [9.17, 15) is 9.59 Å². The van der Waals surface area contributed by atoms with Crippen molar-refractivity contribution in [3.05, 3.63) is 65.2 Å². The third-order valence-corrected chi connectivity index (χ3v) is 4.87. The molecule has 5 nitrogen and oxygen atoms in total. The predicted octanol–water partition coefficient (Wildman–Crippen LogP) is 2.85. The first-order chi connectivity index (χ1) is 13.3. The maximum absolute atomic E-state index is 12.4. The Morgan fingerprint density at radius 2 is 1.61 bits per heavy atom. The number of rotatable bonds is 8. The van der Waals surface area contributed by atoms with E-state index in [4.69, 9.17) is 0 Å². The average Bonchev–Trinajstić information content (AvgIpc) is 2.68. The van der Waals surface area contributed by atoms with Crippen LogP contribution in [-0.2, 0) is 11.2 Å². The number of aryl methyl sites for hydroxylation is 1. The standard InChI is InChI=1S/C23H31N3O2/c1-6-17-7-9-18(10-8-17)22(16(2)3)24-15-21(27)25-20-13-11-19(12-14-20)23(28)26(4)5/h7-14,16,22,24H,6,15H2,1-5H3,(H,25,27)/p+1/t22-/m0/s1. The largest absolute Gasteiger partial charge is 0.345 e. The molecule has 2 amide bonds. The van der Waals surface area contributed by atoms with Gasteiger partial charge in [0.1, 0.15) is 6.04 Å². The van der Waals surface area contributed by atoms with Crippen LogP contribution in [0, 0.1) is 5.92 Å². The summed E-state index contributed by atoms with van der Waals surface area (Å²) in [4.78, 5) is 25.8. The quantitative estimate of drug-likeness (QED) is 0.737. The van der Waals surface area contributed by atoms with Gasteiger partial charge in [-0.25, -0.2) is 0 Å². The first-order valence-electron chi connectivity index (χ1n) is 9.85. The SMILES string of the molecule is CCc1ccc([C@@H]([NH2+]CC(=O)Nc2ccc(C(=O)N(C)C)cc2)C(C)C)cc1. The molecule has 150 valence electrons. The maximum atomic E-state index is 12.4. The molecule has 0 radical (unpaired) electrons. The van der Waals surface area contributed by atoms with Gasteiger partial charge in [-0.05, 0) is 36.2 Å². The summed E-state index contributed by atoms with van der Waals surface area (Å²) in [6, 6.07) is 15.9. The lowest BCUT2D eigenvalue weighted by Crippen LogP contribution is -2.88. The number of hydrogen-bond acceptors (Lipinski definition) is 2. The molecule has 5 heteroatoms. The molecule has 2 aromatic carbocycles. The number of amides is 2. The Labute approximate surface area is 168 Å². The number of carbonyl (C=O) groups excluding carboxylic acids is 2. The van der Waals surface area contributed by atoms with E-state index in [1.165, 1.54) is 16.0 Å². The topological polar surface area (TPSA) is 66.0 Å². The van der Waals surface area contributed by atoms with E-state index in [1.54, 1.807) is 38.4 Å². The van der Waals surface area contributed by atoms with Crippen LogP contribution in [0.2, 0.25) is 0 Å². The van der Waals surface area contributed by atoms with Gasteiger partial charge in [-0.1, -0.05) is 45.0 Å². The second-order valence-electron chi connectivity index (χ2n) is 7.63. The molecule has 0 aliphatic carbocycles. The highest BCUT2D eigenvalue weighted by Crippen LogP contribution is 2.18. The zero-order valence-electron chi connectivity index (χ0n) is 17.5. The van der Waals surface area contributed by atoms with Gasteiger partial charge in [-0.15, -0.1) is 0 Å². The molecule has 3 N–H and O–H groups in total. The molecule has 1 atom stereocenters. The van der Waals surface area contributed by atoms with Crippen molar-refractivity contribution in [2.45, 2.75) is 33.2 Å². The van der Waals surface area contributed by atoms with Gasteiger partial charge in [0.05, 0.1) is 0 Å². The summed E-state index contributed by atoms with van der Waals surface area (Å²) in [5, 5.41) is 4.99.